The molecule has 0 aliphatic rings. The van der Waals surface area contributed by atoms with Gasteiger partial charge in [-0.25, -0.2) is 0 Å². The van der Waals surface area contributed by atoms with Crippen LogP contribution in [0.4, 0.5) is 5.82 Å². The van der Waals surface area contributed by atoms with Gasteiger partial charge in [-0.1, -0.05) is 23.4 Å². The first-order valence-electron chi connectivity index (χ1n) is 4.62. The predicted octanol–water partition coefficient (Wildman–Crippen LogP) is 2.82. The topological polar surface area (TPSA) is 74.7 Å². The van der Waals surface area contributed by atoms with Gasteiger partial charge in [0.2, 0.25) is 0 Å². The molecule has 0 atom stereocenters. The quantitative estimate of drug-likeness (QED) is 0.742. The van der Waals surface area contributed by atoms with Crippen LogP contribution in [0.5, 0.6) is 0 Å². The van der Waals surface area contributed by atoms with Gasteiger partial charge in [0.25, 0.3) is 5.56 Å². The van der Waals surface area contributed by atoms with Gasteiger partial charge in [-0.2, -0.15) is 0 Å². The monoisotopic (exact) mass is 285 g/mol. The normalized spacial score (nSPS) is 10.4. The molecule has 0 aliphatic carbocycles. The van der Waals surface area contributed by atoms with Crippen molar-refractivity contribution in [1.29, 1.82) is 0 Å². The molecular formula is C10H8ClN3OS2. The molecular weight excluding hydrogens is 278 g/mol. The first kappa shape index (κ1) is 12.2. The van der Waals surface area contributed by atoms with E-state index < -0.39 is 0 Å². The Morgan fingerprint density at radius 2 is 1.88 bits per heavy atom. The summed E-state index contributed by atoms with van der Waals surface area (Å²) in [6.45, 7) is 0. The van der Waals surface area contributed by atoms with Crippen LogP contribution in [-0.4, -0.2) is 9.97 Å². The number of anilines is 1. The Labute approximate surface area is 111 Å². The van der Waals surface area contributed by atoms with Gasteiger partial charge in [0.1, 0.15) is 10.7 Å². The average Bonchev–Trinajstić information content (AvgIpc) is 2.26. The largest absolute Gasteiger partial charge is 0.384 e. The molecule has 0 saturated carbocycles. The summed E-state index contributed by atoms with van der Waals surface area (Å²) in [5, 5.41) is 0.642. The number of hydrogen-bond donors (Lipinski definition) is 3. The third-order valence-electron chi connectivity index (χ3n) is 1.96. The zero-order chi connectivity index (χ0) is 12.4. The SMILES string of the molecule is Nc1[nH]c(=S)[nH]c(=O)c1Sc1ccc(Cl)cc1. The molecule has 0 amide bonds. The lowest BCUT2D eigenvalue weighted by atomic mass is 10.4. The fraction of sp³-hybridized carbons (Fsp3) is 0. The summed E-state index contributed by atoms with van der Waals surface area (Å²) in [5.74, 6) is 0.263. The second-order valence-electron chi connectivity index (χ2n) is 3.21. The maximum Gasteiger partial charge on any atom is 0.267 e. The summed E-state index contributed by atoms with van der Waals surface area (Å²) >= 11 is 11.8. The van der Waals surface area contributed by atoms with Crippen LogP contribution in [0.2, 0.25) is 5.02 Å². The highest BCUT2D eigenvalue weighted by molar-refractivity contribution is 7.99. The summed E-state index contributed by atoms with van der Waals surface area (Å²) in [7, 11) is 0. The molecule has 1 heterocycles. The first-order chi connectivity index (χ1) is 8.06. The van der Waals surface area contributed by atoms with Gasteiger partial charge in [-0.15, -0.1) is 0 Å². The molecule has 0 unspecified atom stereocenters. The van der Waals surface area contributed by atoms with Crippen molar-refractivity contribution in [3.63, 3.8) is 0 Å². The van der Waals surface area contributed by atoms with Gasteiger partial charge >= 0.3 is 0 Å². The van der Waals surface area contributed by atoms with Crippen LogP contribution >= 0.6 is 35.6 Å². The molecule has 17 heavy (non-hydrogen) atoms. The van der Waals surface area contributed by atoms with Gasteiger partial charge in [-0.05, 0) is 36.5 Å². The van der Waals surface area contributed by atoms with Crippen molar-refractivity contribution in [1.82, 2.24) is 9.97 Å². The Morgan fingerprint density at radius 3 is 2.47 bits per heavy atom. The van der Waals surface area contributed by atoms with Crippen LogP contribution in [0.25, 0.3) is 0 Å². The van der Waals surface area contributed by atoms with E-state index in [1.54, 1.807) is 12.1 Å². The van der Waals surface area contributed by atoms with E-state index in [1.165, 1.54) is 11.8 Å². The first-order valence-corrected chi connectivity index (χ1v) is 6.22. The van der Waals surface area contributed by atoms with E-state index in [9.17, 15) is 4.79 Å². The van der Waals surface area contributed by atoms with Crippen LogP contribution in [0.3, 0.4) is 0 Å². The molecule has 1 aromatic heterocycles. The molecule has 0 radical (unpaired) electrons. The Hall–Kier alpha value is -1.24. The molecule has 0 aliphatic heterocycles. The van der Waals surface area contributed by atoms with Gasteiger partial charge < -0.3 is 10.7 Å². The molecule has 7 heteroatoms. The molecule has 2 aromatic rings. The highest BCUT2D eigenvalue weighted by Gasteiger charge is 2.07. The number of rotatable bonds is 2. The number of benzene rings is 1. The molecule has 0 bridgehead atoms. The maximum atomic E-state index is 11.7. The summed E-state index contributed by atoms with van der Waals surface area (Å²) in [5.41, 5.74) is 5.41. The standard InChI is InChI=1S/C10H8ClN3OS2/c11-5-1-3-6(4-2-5)17-7-8(12)13-10(16)14-9(7)15/h1-4H,(H4,12,13,14,15,16). The van der Waals surface area contributed by atoms with E-state index in [4.69, 9.17) is 29.6 Å². The van der Waals surface area contributed by atoms with E-state index in [0.717, 1.165) is 4.90 Å². The molecule has 88 valence electrons. The minimum Gasteiger partial charge on any atom is -0.384 e. The molecule has 1 aromatic carbocycles. The second-order valence-corrected chi connectivity index (χ2v) is 5.14. The van der Waals surface area contributed by atoms with Gasteiger partial charge in [-0.3, -0.25) is 9.78 Å². The fourth-order valence-corrected chi connectivity index (χ4v) is 2.36. The summed E-state index contributed by atoms with van der Waals surface area (Å²) in [6, 6.07) is 7.12. The zero-order valence-electron chi connectivity index (χ0n) is 8.49. The van der Waals surface area contributed by atoms with Crippen molar-refractivity contribution in [2.24, 2.45) is 0 Å². The minimum absolute atomic E-state index is 0.216. The van der Waals surface area contributed by atoms with E-state index >= 15 is 0 Å². The van der Waals surface area contributed by atoms with Crippen molar-refractivity contribution in [3.05, 3.63) is 44.4 Å². The van der Waals surface area contributed by atoms with E-state index in [0.29, 0.717) is 9.92 Å². The third kappa shape index (κ3) is 2.91. The van der Waals surface area contributed by atoms with Crippen LogP contribution in [0.15, 0.2) is 38.9 Å². The minimum atomic E-state index is -0.300. The van der Waals surface area contributed by atoms with E-state index in [1.807, 2.05) is 12.1 Å². The molecule has 0 spiro atoms. The molecule has 4 N–H and O–H groups in total. The molecule has 2 rings (SSSR count). The summed E-state index contributed by atoms with van der Waals surface area (Å²) in [6.07, 6.45) is 0. The Bertz CT molecular complexity index is 648. The van der Waals surface area contributed by atoms with Crippen LogP contribution < -0.4 is 11.3 Å². The number of nitrogen functional groups attached to an aromatic ring is 1. The highest BCUT2D eigenvalue weighted by Crippen LogP contribution is 2.28. The third-order valence-corrected chi connectivity index (χ3v) is 3.53. The van der Waals surface area contributed by atoms with Gasteiger partial charge in [0.05, 0.1) is 0 Å². The van der Waals surface area contributed by atoms with Crippen molar-refractivity contribution in [2.75, 3.05) is 5.73 Å². The van der Waals surface area contributed by atoms with Crippen molar-refractivity contribution >= 4 is 41.4 Å². The number of halogens is 1. The number of nitrogens with two attached hydrogens (primary N) is 1. The van der Waals surface area contributed by atoms with Crippen molar-refractivity contribution in [2.45, 2.75) is 9.79 Å². The van der Waals surface area contributed by atoms with Crippen LogP contribution in [-0.2, 0) is 0 Å². The predicted molar refractivity (Wildman–Crippen MR) is 72.2 cm³/mol. The maximum absolute atomic E-state index is 11.7. The highest BCUT2D eigenvalue weighted by atomic mass is 35.5. The van der Waals surface area contributed by atoms with Gasteiger partial charge in [0, 0.05) is 9.92 Å². The average molecular weight is 286 g/mol. The molecule has 0 fully saturated rings. The lowest BCUT2D eigenvalue weighted by molar-refractivity contribution is 1.03. The molecule has 4 nitrogen and oxygen atoms in total. The fourth-order valence-electron chi connectivity index (χ4n) is 1.21. The lowest BCUT2D eigenvalue weighted by Crippen LogP contribution is -2.13. The van der Waals surface area contributed by atoms with Crippen LogP contribution in [0.1, 0.15) is 0 Å². The Kier molecular flexibility index (Phi) is 3.56. The summed E-state index contributed by atoms with van der Waals surface area (Å²) < 4.78 is 0.216. The Balaban J connectivity index is 2.40. The van der Waals surface area contributed by atoms with Crippen LogP contribution in [0, 0.1) is 4.77 Å². The lowest BCUT2D eigenvalue weighted by Gasteiger charge is -2.04. The molecule has 0 saturated heterocycles. The summed E-state index contributed by atoms with van der Waals surface area (Å²) in [4.78, 5) is 18.1. The Morgan fingerprint density at radius 1 is 1.24 bits per heavy atom. The van der Waals surface area contributed by atoms with Gasteiger partial charge in [0.15, 0.2) is 4.77 Å². The number of aromatic amines is 2. The van der Waals surface area contributed by atoms with E-state index in [-0.39, 0.29) is 16.1 Å². The second kappa shape index (κ2) is 4.95. The number of H-pyrrole nitrogens is 2. The van der Waals surface area contributed by atoms with Crippen molar-refractivity contribution in [3.8, 4) is 0 Å². The number of aromatic nitrogens is 2. The number of hydrogen-bond acceptors (Lipinski definition) is 4. The zero-order valence-corrected chi connectivity index (χ0v) is 10.9. The number of nitrogens with one attached hydrogen (secondary N) is 2. The smallest absolute Gasteiger partial charge is 0.267 e. The van der Waals surface area contributed by atoms with E-state index in [2.05, 4.69) is 9.97 Å². The van der Waals surface area contributed by atoms with Crippen molar-refractivity contribution < 1.29 is 0 Å².